The van der Waals surface area contributed by atoms with Crippen LogP contribution in [0, 0.1) is 0 Å². The molecule has 0 unspecified atom stereocenters. The molecule has 0 saturated carbocycles. The van der Waals surface area contributed by atoms with Crippen LogP contribution in [0.1, 0.15) is 13.8 Å². The summed E-state index contributed by atoms with van der Waals surface area (Å²) in [6.45, 7) is 3.03. The summed E-state index contributed by atoms with van der Waals surface area (Å²) in [5.41, 5.74) is 0. The third-order valence-electron chi connectivity index (χ3n) is 2.53. The number of imide groups is 1. The smallest absolute Gasteiger partial charge is 0.413 e. The predicted octanol–water partition coefficient (Wildman–Crippen LogP) is 2.63. The summed E-state index contributed by atoms with van der Waals surface area (Å²) in [5, 5.41) is 2.02. The number of benzene rings is 1. The second-order valence-corrected chi connectivity index (χ2v) is 6.12. The molecule has 2 amide bonds. The molecule has 0 fully saturated rings. The second-order valence-electron chi connectivity index (χ2n) is 4.27. The summed E-state index contributed by atoms with van der Waals surface area (Å²) < 4.78 is 9.30. The maximum absolute atomic E-state index is 11.9. The fourth-order valence-corrected chi connectivity index (χ4v) is 2.32. The van der Waals surface area contributed by atoms with Crippen LogP contribution < -0.4 is 5.32 Å². The molecule has 0 aromatic heterocycles. The number of carbonyl (C=O) groups excluding carboxylic acids is 3. The summed E-state index contributed by atoms with van der Waals surface area (Å²) >= 11 is 7.06. The van der Waals surface area contributed by atoms with Crippen LogP contribution in [0.4, 0.5) is 4.79 Å². The maximum atomic E-state index is 11.9. The van der Waals surface area contributed by atoms with Gasteiger partial charge in [-0.1, -0.05) is 11.6 Å². The highest BCUT2D eigenvalue weighted by atomic mass is 35.5. The van der Waals surface area contributed by atoms with Crippen LogP contribution in [0.25, 0.3) is 0 Å². The van der Waals surface area contributed by atoms with Crippen molar-refractivity contribution in [2.75, 3.05) is 7.11 Å². The van der Waals surface area contributed by atoms with Crippen LogP contribution in [-0.2, 0) is 19.1 Å². The van der Waals surface area contributed by atoms with E-state index in [1.165, 1.54) is 18.7 Å². The zero-order chi connectivity index (χ0) is 16.7. The molecule has 0 saturated heterocycles. The first-order valence-electron chi connectivity index (χ1n) is 6.35. The van der Waals surface area contributed by atoms with Gasteiger partial charge in [-0.05, 0) is 38.1 Å². The minimum atomic E-state index is -1.10. The first-order chi connectivity index (χ1) is 10.3. The van der Waals surface area contributed by atoms with E-state index in [2.05, 4.69) is 4.74 Å². The Kier molecular flexibility index (Phi) is 7.20. The molecule has 0 heterocycles. The Balaban J connectivity index is 2.51. The molecule has 0 spiro atoms. The molecular weight excluding hydrogens is 330 g/mol. The van der Waals surface area contributed by atoms with Crippen molar-refractivity contribution in [3.63, 3.8) is 0 Å². The third-order valence-corrected chi connectivity index (χ3v) is 3.87. The Labute approximate surface area is 137 Å². The van der Waals surface area contributed by atoms with Crippen molar-refractivity contribution >= 4 is 41.3 Å². The van der Waals surface area contributed by atoms with Gasteiger partial charge in [0.25, 0.3) is 5.91 Å². The van der Waals surface area contributed by atoms with E-state index in [1.54, 1.807) is 31.2 Å². The molecule has 8 heteroatoms. The fraction of sp³-hybridized carbons (Fsp3) is 0.357. The molecule has 0 aliphatic rings. The minimum Gasteiger partial charge on any atom is -0.453 e. The van der Waals surface area contributed by atoms with Gasteiger partial charge in [0.05, 0.1) is 7.11 Å². The molecule has 22 heavy (non-hydrogen) atoms. The van der Waals surface area contributed by atoms with Crippen LogP contribution in [0.2, 0.25) is 5.02 Å². The normalized spacial score (nSPS) is 12.9. The lowest BCUT2D eigenvalue weighted by Crippen LogP contribution is -2.40. The first kappa shape index (κ1) is 18.3. The summed E-state index contributed by atoms with van der Waals surface area (Å²) in [4.78, 5) is 35.2. The molecule has 0 bridgehead atoms. The number of rotatable bonds is 5. The molecule has 2 atom stereocenters. The largest absolute Gasteiger partial charge is 0.453 e. The standard InChI is InChI=1S/C14H16ClNO5S/c1-8(12(17)16-14(19)20-3)21-13(18)9(2)22-11-6-4-10(15)5-7-11/h4-9H,1-3H3,(H,16,17,19)/t8-,9-/m0/s1. The van der Waals surface area contributed by atoms with Gasteiger partial charge >= 0.3 is 12.1 Å². The van der Waals surface area contributed by atoms with Gasteiger partial charge in [-0.15, -0.1) is 11.8 Å². The number of amides is 2. The van der Waals surface area contributed by atoms with Crippen LogP contribution in [0.5, 0.6) is 0 Å². The van der Waals surface area contributed by atoms with Gasteiger partial charge in [-0.25, -0.2) is 4.79 Å². The van der Waals surface area contributed by atoms with Gasteiger partial charge < -0.3 is 9.47 Å². The van der Waals surface area contributed by atoms with Crippen LogP contribution in [0.15, 0.2) is 29.2 Å². The molecule has 1 rings (SSSR count). The van der Waals surface area contributed by atoms with E-state index in [1.807, 2.05) is 5.32 Å². The highest BCUT2D eigenvalue weighted by molar-refractivity contribution is 8.00. The number of hydrogen-bond donors (Lipinski definition) is 1. The maximum Gasteiger partial charge on any atom is 0.413 e. The highest BCUT2D eigenvalue weighted by Crippen LogP contribution is 2.25. The summed E-state index contributed by atoms with van der Waals surface area (Å²) in [5.74, 6) is -1.31. The topological polar surface area (TPSA) is 81.7 Å². The predicted molar refractivity (Wildman–Crippen MR) is 82.9 cm³/mol. The Bertz CT molecular complexity index is 549. The van der Waals surface area contributed by atoms with Crippen LogP contribution in [0.3, 0.4) is 0 Å². The number of hydrogen-bond acceptors (Lipinski definition) is 6. The van der Waals surface area contributed by atoms with Crippen molar-refractivity contribution < 1.29 is 23.9 Å². The Morgan fingerprint density at radius 1 is 1.18 bits per heavy atom. The van der Waals surface area contributed by atoms with Crippen LogP contribution >= 0.6 is 23.4 Å². The molecular formula is C14H16ClNO5S. The zero-order valence-electron chi connectivity index (χ0n) is 12.3. The average Bonchev–Trinajstić information content (AvgIpc) is 2.49. The Morgan fingerprint density at radius 2 is 1.77 bits per heavy atom. The summed E-state index contributed by atoms with van der Waals surface area (Å²) in [6, 6.07) is 7.00. The number of carbonyl (C=O) groups is 3. The van der Waals surface area contributed by atoms with Crippen LogP contribution in [-0.4, -0.2) is 36.4 Å². The number of thioether (sulfide) groups is 1. The number of methoxy groups -OCH3 is 1. The van der Waals surface area contributed by atoms with E-state index in [-0.39, 0.29) is 0 Å². The quantitative estimate of drug-likeness (QED) is 0.652. The van der Waals surface area contributed by atoms with Crippen molar-refractivity contribution in [1.82, 2.24) is 5.32 Å². The first-order valence-corrected chi connectivity index (χ1v) is 7.60. The monoisotopic (exact) mass is 345 g/mol. The van der Waals surface area contributed by atoms with Gasteiger partial charge in [0.2, 0.25) is 0 Å². The lowest BCUT2D eigenvalue weighted by atomic mass is 10.3. The van der Waals surface area contributed by atoms with Gasteiger partial charge in [0, 0.05) is 9.92 Å². The second kappa shape index (κ2) is 8.65. The molecule has 1 aromatic carbocycles. The van der Waals surface area contributed by atoms with Crippen molar-refractivity contribution in [2.24, 2.45) is 0 Å². The van der Waals surface area contributed by atoms with Crippen molar-refractivity contribution in [3.8, 4) is 0 Å². The van der Waals surface area contributed by atoms with E-state index < -0.39 is 29.3 Å². The van der Waals surface area contributed by atoms with Crippen molar-refractivity contribution in [3.05, 3.63) is 29.3 Å². The van der Waals surface area contributed by atoms with Gasteiger partial charge in [0.15, 0.2) is 6.10 Å². The van der Waals surface area contributed by atoms with Crippen molar-refractivity contribution in [2.45, 2.75) is 30.1 Å². The Hall–Kier alpha value is -1.73. The Morgan fingerprint density at radius 3 is 2.32 bits per heavy atom. The van der Waals surface area contributed by atoms with Crippen molar-refractivity contribution in [1.29, 1.82) is 0 Å². The molecule has 0 aliphatic carbocycles. The average molecular weight is 346 g/mol. The number of alkyl carbamates (subject to hydrolysis) is 1. The SMILES string of the molecule is COC(=O)NC(=O)[C@H](C)OC(=O)[C@H](C)Sc1ccc(Cl)cc1. The van der Waals surface area contributed by atoms with E-state index in [9.17, 15) is 14.4 Å². The molecule has 0 aliphatic heterocycles. The van der Waals surface area contributed by atoms with E-state index in [0.717, 1.165) is 12.0 Å². The van der Waals surface area contributed by atoms with E-state index in [0.29, 0.717) is 5.02 Å². The summed E-state index contributed by atoms with van der Waals surface area (Å²) in [6.07, 6.45) is -2.00. The van der Waals surface area contributed by atoms with E-state index >= 15 is 0 Å². The number of esters is 1. The lowest BCUT2D eigenvalue weighted by molar-refractivity contribution is -0.153. The third kappa shape index (κ3) is 5.95. The van der Waals surface area contributed by atoms with Gasteiger partial charge in [-0.3, -0.25) is 14.9 Å². The minimum absolute atomic E-state index is 0.519. The lowest BCUT2D eigenvalue weighted by Gasteiger charge is -2.15. The molecule has 0 radical (unpaired) electrons. The molecule has 1 aromatic rings. The van der Waals surface area contributed by atoms with E-state index in [4.69, 9.17) is 16.3 Å². The van der Waals surface area contributed by atoms with Gasteiger partial charge in [0.1, 0.15) is 5.25 Å². The van der Waals surface area contributed by atoms with Gasteiger partial charge in [-0.2, -0.15) is 0 Å². The number of ether oxygens (including phenoxy) is 2. The fourth-order valence-electron chi connectivity index (χ4n) is 1.34. The number of halogens is 1. The number of nitrogens with one attached hydrogen (secondary N) is 1. The summed E-state index contributed by atoms with van der Waals surface area (Å²) in [7, 11) is 1.13. The molecule has 120 valence electrons. The highest BCUT2D eigenvalue weighted by Gasteiger charge is 2.24. The zero-order valence-corrected chi connectivity index (χ0v) is 13.9. The molecule has 1 N–H and O–H groups in total. The molecule has 6 nitrogen and oxygen atoms in total.